The zero-order valence-electron chi connectivity index (χ0n) is 16.2. The van der Waals surface area contributed by atoms with Crippen molar-refractivity contribution in [1.29, 1.82) is 0 Å². The van der Waals surface area contributed by atoms with Gasteiger partial charge < -0.3 is 10.3 Å². The van der Waals surface area contributed by atoms with Crippen LogP contribution in [0, 0.1) is 0 Å². The first-order valence-electron chi connectivity index (χ1n) is 9.49. The molecule has 2 heterocycles. The molecule has 3 aromatic rings. The van der Waals surface area contributed by atoms with E-state index >= 15 is 0 Å². The number of hydrogen-bond acceptors (Lipinski definition) is 3. The Labute approximate surface area is 185 Å². The smallest absolute Gasteiger partial charge is 0.245 e. The molecule has 0 saturated heterocycles. The van der Waals surface area contributed by atoms with Crippen molar-refractivity contribution < 1.29 is 4.79 Å². The first kappa shape index (κ1) is 21.6. The molecule has 0 aliphatic carbocycles. The minimum absolute atomic E-state index is 0.429. The van der Waals surface area contributed by atoms with Crippen LogP contribution in [0.1, 0.15) is 41.7 Å². The Hall–Kier alpha value is -2.08. The number of aromatic nitrogens is 2. The van der Waals surface area contributed by atoms with Crippen LogP contribution in [-0.4, -0.2) is 15.5 Å². The summed E-state index contributed by atoms with van der Waals surface area (Å²) in [5.74, 6) is 0.524. The summed E-state index contributed by atoms with van der Waals surface area (Å²) < 4.78 is 2.09. The summed E-state index contributed by atoms with van der Waals surface area (Å²) in [7, 11) is 0. The molecule has 0 unspecified atom stereocenters. The molecule has 4 nitrogen and oxygen atoms in total. The van der Waals surface area contributed by atoms with Crippen molar-refractivity contribution in [3.63, 3.8) is 0 Å². The molecule has 3 rings (SSSR count). The molecule has 152 valence electrons. The highest BCUT2D eigenvalue weighted by Gasteiger charge is 2.14. The van der Waals surface area contributed by atoms with E-state index in [0.29, 0.717) is 28.6 Å². The summed E-state index contributed by atoms with van der Waals surface area (Å²) in [5, 5.41) is 3.04. The van der Waals surface area contributed by atoms with E-state index in [9.17, 15) is 4.79 Å². The fraction of sp³-hybridized carbons (Fsp3) is 0.273. The minimum Gasteiger partial charge on any atom is -0.366 e. The number of halogens is 2. The van der Waals surface area contributed by atoms with Crippen molar-refractivity contribution >= 4 is 46.5 Å². The highest BCUT2D eigenvalue weighted by atomic mass is 35.5. The molecule has 2 aromatic heterocycles. The largest absolute Gasteiger partial charge is 0.366 e. The highest BCUT2D eigenvalue weighted by molar-refractivity contribution is 7.09. The molecule has 1 amide bonds. The molecule has 0 fully saturated rings. The highest BCUT2D eigenvalue weighted by Crippen LogP contribution is 2.27. The summed E-state index contributed by atoms with van der Waals surface area (Å²) in [6, 6.07) is 9.57. The molecule has 0 radical (unpaired) electrons. The average Bonchev–Trinajstić information content (AvgIpc) is 3.34. The van der Waals surface area contributed by atoms with E-state index in [1.54, 1.807) is 23.6 Å². The number of amides is 1. The normalized spacial score (nSPS) is 11.8. The Kier molecular flexibility index (Phi) is 7.53. The van der Waals surface area contributed by atoms with Gasteiger partial charge in [0.05, 0.1) is 28.5 Å². The average molecular weight is 448 g/mol. The van der Waals surface area contributed by atoms with Crippen LogP contribution in [0.4, 0.5) is 0 Å². The van der Waals surface area contributed by atoms with Gasteiger partial charge in [-0.25, -0.2) is 4.98 Å². The number of rotatable bonds is 9. The summed E-state index contributed by atoms with van der Waals surface area (Å²) in [6.07, 6.45) is 7.08. The standard InChI is InChI=1S/C22H23Cl2N3OS/c1-2-3-9-20-26-13-17(11-16(22(25)28)12-18-7-5-10-29-18)27(20)14-15-6-4-8-19(23)21(15)24/h4-8,10-11,13H,2-3,9,12,14H2,1H3,(H2,25,28). The number of primary amides is 1. The van der Waals surface area contributed by atoms with Gasteiger partial charge in [-0.3, -0.25) is 4.79 Å². The molecule has 0 saturated carbocycles. The van der Waals surface area contributed by atoms with Gasteiger partial charge in [0.15, 0.2) is 0 Å². The van der Waals surface area contributed by atoms with Crippen molar-refractivity contribution in [3.8, 4) is 0 Å². The van der Waals surface area contributed by atoms with E-state index in [1.165, 1.54) is 0 Å². The van der Waals surface area contributed by atoms with Crippen LogP contribution in [0.25, 0.3) is 6.08 Å². The number of thiophene rings is 1. The SMILES string of the molecule is CCCCc1ncc(C=C(Cc2cccs2)C(N)=O)n1Cc1cccc(Cl)c1Cl. The predicted molar refractivity (Wildman–Crippen MR) is 122 cm³/mol. The number of nitrogens with two attached hydrogens (primary N) is 1. The van der Waals surface area contributed by atoms with Gasteiger partial charge in [0.25, 0.3) is 0 Å². The summed E-state index contributed by atoms with van der Waals surface area (Å²) in [4.78, 5) is 17.8. The van der Waals surface area contributed by atoms with Crippen LogP contribution in [0.15, 0.2) is 47.5 Å². The van der Waals surface area contributed by atoms with E-state index in [-0.39, 0.29) is 0 Å². The van der Waals surface area contributed by atoms with Crippen LogP contribution in [0.2, 0.25) is 10.0 Å². The van der Waals surface area contributed by atoms with Gasteiger partial charge in [0, 0.05) is 23.3 Å². The number of carbonyl (C=O) groups is 1. The van der Waals surface area contributed by atoms with E-state index in [1.807, 2.05) is 35.7 Å². The predicted octanol–water partition coefficient (Wildman–Crippen LogP) is 5.75. The van der Waals surface area contributed by atoms with Gasteiger partial charge in [0.1, 0.15) is 5.82 Å². The first-order valence-corrected chi connectivity index (χ1v) is 11.1. The molecule has 2 N–H and O–H groups in total. The second-order valence-electron chi connectivity index (χ2n) is 6.79. The third-order valence-electron chi connectivity index (χ3n) is 4.67. The molecule has 0 aliphatic heterocycles. The molecule has 0 bridgehead atoms. The number of carbonyl (C=O) groups excluding carboxylic acids is 1. The molecule has 0 aliphatic rings. The number of hydrogen-bond donors (Lipinski definition) is 1. The number of nitrogens with zero attached hydrogens (tertiary/aromatic N) is 2. The molecule has 0 atom stereocenters. The van der Waals surface area contributed by atoms with Crippen molar-refractivity contribution in [2.75, 3.05) is 0 Å². The Balaban J connectivity index is 2.00. The van der Waals surface area contributed by atoms with Crippen molar-refractivity contribution in [3.05, 3.63) is 79.5 Å². The van der Waals surface area contributed by atoms with Crippen LogP contribution >= 0.6 is 34.5 Å². The third kappa shape index (κ3) is 5.50. The monoisotopic (exact) mass is 447 g/mol. The lowest BCUT2D eigenvalue weighted by atomic mass is 10.1. The Morgan fingerprint density at radius 2 is 2.10 bits per heavy atom. The second-order valence-corrected chi connectivity index (χ2v) is 8.61. The quantitative estimate of drug-likeness (QED) is 0.424. The third-order valence-corrected chi connectivity index (χ3v) is 6.40. The Bertz CT molecular complexity index is 1010. The van der Waals surface area contributed by atoms with Crippen molar-refractivity contribution in [1.82, 2.24) is 9.55 Å². The Morgan fingerprint density at radius 1 is 1.28 bits per heavy atom. The van der Waals surface area contributed by atoms with E-state index < -0.39 is 5.91 Å². The van der Waals surface area contributed by atoms with Gasteiger partial charge in [-0.1, -0.05) is 54.7 Å². The topological polar surface area (TPSA) is 60.9 Å². The maximum Gasteiger partial charge on any atom is 0.245 e. The first-order chi connectivity index (χ1) is 14.0. The number of benzene rings is 1. The maximum atomic E-state index is 12.1. The van der Waals surface area contributed by atoms with Crippen LogP contribution in [-0.2, 0) is 24.2 Å². The molecule has 7 heteroatoms. The number of aryl methyl sites for hydroxylation is 1. The lowest BCUT2D eigenvalue weighted by Gasteiger charge is -2.13. The lowest BCUT2D eigenvalue weighted by Crippen LogP contribution is -2.16. The summed E-state index contributed by atoms with van der Waals surface area (Å²) >= 11 is 14.2. The maximum absolute atomic E-state index is 12.1. The lowest BCUT2D eigenvalue weighted by molar-refractivity contribution is -0.114. The fourth-order valence-corrected chi connectivity index (χ4v) is 4.20. The molecular formula is C22H23Cl2N3OS. The van der Waals surface area contributed by atoms with Gasteiger partial charge in [-0.05, 0) is 35.6 Å². The summed E-state index contributed by atoms with van der Waals surface area (Å²) in [5.41, 5.74) is 7.95. The van der Waals surface area contributed by atoms with Gasteiger partial charge >= 0.3 is 0 Å². The zero-order valence-corrected chi connectivity index (χ0v) is 18.5. The van der Waals surface area contributed by atoms with Crippen LogP contribution < -0.4 is 5.73 Å². The molecule has 0 spiro atoms. The van der Waals surface area contributed by atoms with E-state index in [2.05, 4.69) is 16.5 Å². The van der Waals surface area contributed by atoms with Gasteiger partial charge in [-0.2, -0.15) is 0 Å². The number of imidazole rings is 1. The Morgan fingerprint density at radius 3 is 2.79 bits per heavy atom. The second kappa shape index (κ2) is 10.1. The molecule has 1 aromatic carbocycles. The van der Waals surface area contributed by atoms with E-state index in [4.69, 9.17) is 28.9 Å². The minimum atomic E-state index is -0.429. The fourth-order valence-electron chi connectivity index (χ4n) is 3.09. The van der Waals surface area contributed by atoms with Crippen molar-refractivity contribution in [2.45, 2.75) is 39.2 Å². The van der Waals surface area contributed by atoms with Gasteiger partial charge in [-0.15, -0.1) is 11.3 Å². The van der Waals surface area contributed by atoms with Gasteiger partial charge in [0.2, 0.25) is 5.91 Å². The van der Waals surface area contributed by atoms with E-state index in [0.717, 1.165) is 41.2 Å². The van der Waals surface area contributed by atoms with Crippen LogP contribution in [0.5, 0.6) is 0 Å². The number of unbranched alkanes of at least 4 members (excludes halogenated alkanes) is 1. The summed E-state index contributed by atoms with van der Waals surface area (Å²) in [6.45, 7) is 2.67. The molecular weight excluding hydrogens is 425 g/mol. The molecule has 29 heavy (non-hydrogen) atoms. The zero-order chi connectivity index (χ0) is 20.8. The van der Waals surface area contributed by atoms with Crippen LogP contribution in [0.3, 0.4) is 0 Å². The van der Waals surface area contributed by atoms with Crippen molar-refractivity contribution in [2.24, 2.45) is 5.73 Å².